The zero-order chi connectivity index (χ0) is 17.1. The Morgan fingerprint density at radius 3 is 2.80 bits per heavy atom. The van der Waals surface area contributed by atoms with Gasteiger partial charge in [-0.3, -0.25) is 9.88 Å². The molecule has 7 heteroatoms. The summed E-state index contributed by atoms with van der Waals surface area (Å²) in [5, 5.41) is 4.08. The van der Waals surface area contributed by atoms with Crippen molar-refractivity contribution in [1.29, 1.82) is 0 Å². The molecule has 1 aliphatic rings. The molecule has 1 atom stereocenters. The Morgan fingerprint density at radius 1 is 1.20 bits per heavy atom. The molecule has 0 amide bonds. The van der Waals surface area contributed by atoms with Crippen molar-refractivity contribution in [3.63, 3.8) is 0 Å². The summed E-state index contributed by atoms with van der Waals surface area (Å²) in [4.78, 5) is 20.0. The molecule has 7 nitrogen and oxygen atoms in total. The first kappa shape index (κ1) is 15.8. The normalized spacial score (nSPS) is 18.4. The van der Waals surface area contributed by atoms with Gasteiger partial charge in [0.05, 0.1) is 0 Å². The summed E-state index contributed by atoms with van der Waals surface area (Å²) in [6, 6.07) is 5.74. The van der Waals surface area contributed by atoms with E-state index < -0.39 is 0 Å². The van der Waals surface area contributed by atoms with Crippen molar-refractivity contribution in [3.8, 4) is 11.5 Å². The minimum Gasteiger partial charge on any atom is -0.340 e. The fourth-order valence-corrected chi connectivity index (χ4v) is 3.21. The van der Waals surface area contributed by atoms with E-state index in [4.69, 9.17) is 4.52 Å². The maximum atomic E-state index is 5.12. The molecule has 3 aromatic rings. The Kier molecular flexibility index (Phi) is 4.47. The number of hydrogen-bond donors (Lipinski definition) is 0. The van der Waals surface area contributed by atoms with E-state index >= 15 is 0 Å². The Bertz CT molecular complexity index is 817. The van der Waals surface area contributed by atoms with E-state index in [1.807, 2.05) is 37.5 Å². The van der Waals surface area contributed by atoms with E-state index in [0.29, 0.717) is 17.6 Å². The second-order valence-corrected chi connectivity index (χ2v) is 6.38. The van der Waals surface area contributed by atoms with Crippen molar-refractivity contribution in [2.75, 3.05) is 13.1 Å². The van der Waals surface area contributed by atoms with E-state index in [1.165, 1.54) is 0 Å². The molecule has 4 heterocycles. The summed E-state index contributed by atoms with van der Waals surface area (Å²) in [6.45, 7) is 4.66. The quantitative estimate of drug-likeness (QED) is 0.724. The molecule has 4 rings (SSSR count). The summed E-state index contributed by atoms with van der Waals surface area (Å²) in [5.41, 5.74) is 1.89. The van der Waals surface area contributed by atoms with Gasteiger partial charge in [0.15, 0.2) is 11.6 Å². The highest BCUT2D eigenvalue weighted by molar-refractivity contribution is 5.47. The summed E-state index contributed by atoms with van der Waals surface area (Å²) in [5.74, 6) is 2.44. The molecular formula is C18H20N6O. The largest absolute Gasteiger partial charge is 0.340 e. The van der Waals surface area contributed by atoms with E-state index in [-0.39, 0.29) is 0 Å². The highest BCUT2D eigenvalue weighted by atomic mass is 16.5. The Hall–Kier alpha value is -2.67. The second kappa shape index (κ2) is 7.06. The molecule has 0 aromatic carbocycles. The van der Waals surface area contributed by atoms with Crippen LogP contribution >= 0.6 is 0 Å². The third-order valence-electron chi connectivity index (χ3n) is 4.42. The van der Waals surface area contributed by atoms with E-state index in [0.717, 1.165) is 49.6 Å². The topological polar surface area (TPSA) is 80.8 Å². The van der Waals surface area contributed by atoms with Crippen molar-refractivity contribution in [2.45, 2.75) is 32.2 Å². The van der Waals surface area contributed by atoms with Gasteiger partial charge in [-0.1, -0.05) is 11.2 Å². The molecule has 1 fully saturated rings. The minimum absolute atomic E-state index is 0.333. The van der Waals surface area contributed by atoms with E-state index in [2.05, 4.69) is 30.0 Å². The molecule has 0 bridgehead atoms. The smallest absolute Gasteiger partial charge is 0.223 e. The van der Waals surface area contributed by atoms with Gasteiger partial charge < -0.3 is 4.52 Å². The van der Waals surface area contributed by atoms with Crippen LogP contribution in [0.25, 0.3) is 11.5 Å². The van der Waals surface area contributed by atoms with Gasteiger partial charge in [-0.05, 0) is 31.5 Å². The third kappa shape index (κ3) is 3.71. The average Bonchev–Trinajstić information content (AvgIpc) is 3.10. The number of aryl methyl sites for hydroxylation is 1. The number of likely N-dealkylation sites (tertiary alicyclic amines) is 1. The summed E-state index contributed by atoms with van der Waals surface area (Å²) in [7, 11) is 0. The summed E-state index contributed by atoms with van der Waals surface area (Å²) < 4.78 is 5.12. The maximum Gasteiger partial charge on any atom is 0.223 e. The average molecular weight is 336 g/mol. The second-order valence-electron chi connectivity index (χ2n) is 6.38. The van der Waals surface area contributed by atoms with Gasteiger partial charge in [-0.2, -0.15) is 4.98 Å². The summed E-state index contributed by atoms with van der Waals surface area (Å²) in [6.07, 6.45) is 7.76. The Balaban J connectivity index is 1.41. The zero-order valence-electron chi connectivity index (χ0n) is 14.2. The van der Waals surface area contributed by atoms with Crippen LogP contribution in [-0.2, 0) is 6.54 Å². The van der Waals surface area contributed by atoms with Gasteiger partial charge in [0.25, 0.3) is 0 Å². The first-order valence-corrected chi connectivity index (χ1v) is 8.53. The zero-order valence-corrected chi connectivity index (χ0v) is 14.2. The lowest BCUT2D eigenvalue weighted by molar-refractivity contribution is 0.194. The highest BCUT2D eigenvalue weighted by Crippen LogP contribution is 2.25. The van der Waals surface area contributed by atoms with Gasteiger partial charge in [0.1, 0.15) is 5.69 Å². The number of piperidine rings is 1. The summed E-state index contributed by atoms with van der Waals surface area (Å²) >= 11 is 0. The van der Waals surface area contributed by atoms with Crippen molar-refractivity contribution in [2.24, 2.45) is 0 Å². The number of rotatable bonds is 4. The van der Waals surface area contributed by atoms with Crippen LogP contribution in [0.1, 0.15) is 36.0 Å². The van der Waals surface area contributed by atoms with Gasteiger partial charge >= 0.3 is 0 Å². The minimum atomic E-state index is 0.333. The fraction of sp³-hybridized carbons (Fsp3) is 0.389. The lowest BCUT2D eigenvalue weighted by Crippen LogP contribution is -2.34. The molecule has 0 saturated carbocycles. The molecule has 0 radical (unpaired) electrons. The van der Waals surface area contributed by atoms with Crippen LogP contribution in [0.2, 0.25) is 0 Å². The molecule has 0 N–H and O–H groups in total. The first-order valence-electron chi connectivity index (χ1n) is 8.53. The molecule has 128 valence electrons. The number of nitrogens with zero attached hydrogens (tertiary/aromatic N) is 6. The van der Waals surface area contributed by atoms with Crippen molar-refractivity contribution in [3.05, 3.63) is 54.1 Å². The lowest BCUT2D eigenvalue weighted by atomic mass is 9.97. The molecule has 1 saturated heterocycles. The Labute approximate surface area is 146 Å². The number of hydrogen-bond acceptors (Lipinski definition) is 7. The number of pyridine rings is 1. The van der Waals surface area contributed by atoms with Crippen LogP contribution < -0.4 is 0 Å². The standard InChI is InChI=1S/C18H20N6O/c1-13-22-17(23-25-13)15-5-4-8-24(12-15)11-14-9-20-18(21-10-14)16-6-2-3-7-19-16/h2-3,6-7,9-10,15H,4-5,8,11-12H2,1H3. The van der Waals surface area contributed by atoms with Crippen LogP contribution in [0, 0.1) is 6.92 Å². The van der Waals surface area contributed by atoms with Crippen LogP contribution in [0.3, 0.4) is 0 Å². The van der Waals surface area contributed by atoms with Gasteiger partial charge in [0.2, 0.25) is 5.89 Å². The van der Waals surface area contributed by atoms with Crippen LogP contribution in [0.4, 0.5) is 0 Å². The molecule has 1 unspecified atom stereocenters. The Morgan fingerprint density at radius 2 is 2.08 bits per heavy atom. The third-order valence-corrected chi connectivity index (χ3v) is 4.42. The molecule has 3 aromatic heterocycles. The maximum absolute atomic E-state index is 5.12. The predicted molar refractivity (Wildman–Crippen MR) is 91.6 cm³/mol. The van der Waals surface area contributed by atoms with Crippen molar-refractivity contribution in [1.82, 2.24) is 30.0 Å². The molecule has 0 aliphatic carbocycles. The molecular weight excluding hydrogens is 316 g/mol. The van der Waals surface area contributed by atoms with Crippen molar-refractivity contribution < 1.29 is 4.52 Å². The first-order chi connectivity index (χ1) is 12.3. The van der Waals surface area contributed by atoms with E-state index in [9.17, 15) is 0 Å². The molecule has 0 spiro atoms. The number of aromatic nitrogens is 5. The van der Waals surface area contributed by atoms with Crippen LogP contribution in [0.5, 0.6) is 0 Å². The predicted octanol–water partition coefficient (Wildman–Crippen LogP) is 2.61. The fourth-order valence-electron chi connectivity index (χ4n) is 3.21. The lowest BCUT2D eigenvalue weighted by Gasteiger charge is -2.31. The van der Waals surface area contributed by atoms with Gasteiger partial charge in [-0.15, -0.1) is 0 Å². The van der Waals surface area contributed by atoms with Crippen LogP contribution in [-0.4, -0.2) is 43.1 Å². The SMILES string of the molecule is Cc1nc(C2CCCN(Cc3cnc(-c4ccccn4)nc3)C2)no1. The molecule has 25 heavy (non-hydrogen) atoms. The van der Waals surface area contributed by atoms with Gasteiger partial charge in [-0.25, -0.2) is 9.97 Å². The van der Waals surface area contributed by atoms with Crippen molar-refractivity contribution >= 4 is 0 Å². The molecule has 1 aliphatic heterocycles. The highest BCUT2D eigenvalue weighted by Gasteiger charge is 2.25. The monoisotopic (exact) mass is 336 g/mol. The van der Waals surface area contributed by atoms with Gasteiger partial charge in [0, 0.05) is 50.1 Å². The van der Waals surface area contributed by atoms with E-state index in [1.54, 1.807) is 6.20 Å². The van der Waals surface area contributed by atoms with Crippen LogP contribution in [0.15, 0.2) is 41.3 Å².